The fourth-order valence-corrected chi connectivity index (χ4v) is 2.73. The summed E-state index contributed by atoms with van der Waals surface area (Å²) in [5.41, 5.74) is 4.39. The lowest BCUT2D eigenvalue weighted by Gasteiger charge is -2.07. The topological polar surface area (TPSA) is 41.5 Å². The molecule has 0 unspecified atom stereocenters. The number of hydrogen-bond donors (Lipinski definition) is 1. The third-order valence-corrected chi connectivity index (χ3v) is 4.75. The van der Waals surface area contributed by atoms with Crippen molar-refractivity contribution in [3.8, 4) is 10.4 Å². The first-order valence-corrected chi connectivity index (χ1v) is 8.03. The molecule has 1 aromatic carbocycles. The van der Waals surface area contributed by atoms with Gasteiger partial charge in [-0.2, -0.15) is 5.10 Å². The molecule has 1 aromatic heterocycles. The summed E-state index contributed by atoms with van der Waals surface area (Å²) < 4.78 is 12.9. The molecule has 0 spiro atoms. The molecule has 1 amide bonds. The molecule has 3 nitrogen and oxygen atoms in total. The number of nitrogens with zero attached hydrogens (tertiary/aromatic N) is 1. The van der Waals surface area contributed by atoms with Crippen molar-refractivity contribution >= 4 is 23.0 Å². The standard InChI is InChI=1S/C17H19FN2OS/c1-4-11(2)12(3)19-20-17(21)16-10-9-15(22-16)13-5-7-14(18)8-6-13/h5-11H,4H2,1-3H3,(H,20,21)/b19-12-/t11-/m0/s1. The Bertz CT molecular complexity index is 676. The zero-order valence-electron chi connectivity index (χ0n) is 12.9. The van der Waals surface area contributed by atoms with Gasteiger partial charge in [-0.1, -0.05) is 26.0 Å². The minimum atomic E-state index is -0.270. The van der Waals surface area contributed by atoms with E-state index in [0.717, 1.165) is 22.6 Å². The highest BCUT2D eigenvalue weighted by Gasteiger charge is 2.10. The molecule has 0 saturated carbocycles. The zero-order chi connectivity index (χ0) is 16.1. The molecule has 116 valence electrons. The van der Waals surface area contributed by atoms with Crippen LogP contribution in [0.25, 0.3) is 10.4 Å². The van der Waals surface area contributed by atoms with E-state index in [1.807, 2.05) is 13.0 Å². The summed E-state index contributed by atoms with van der Waals surface area (Å²) in [5.74, 6) is -0.146. The molecule has 2 rings (SSSR count). The molecule has 0 fully saturated rings. The molecular weight excluding hydrogens is 299 g/mol. The Morgan fingerprint density at radius 2 is 1.95 bits per heavy atom. The van der Waals surface area contributed by atoms with E-state index in [2.05, 4.69) is 24.4 Å². The number of halogens is 1. The fraction of sp³-hybridized carbons (Fsp3) is 0.294. The number of carbonyl (C=O) groups is 1. The quantitative estimate of drug-likeness (QED) is 0.630. The van der Waals surface area contributed by atoms with Gasteiger partial charge in [0.1, 0.15) is 5.82 Å². The molecule has 0 saturated heterocycles. The second-order valence-electron chi connectivity index (χ2n) is 5.17. The van der Waals surface area contributed by atoms with Crippen LogP contribution in [0.1, 0.15) is 36.9 Å². The lowest BCUT2D eigenvalue weighted by atomic mass is 10.1. The lowest BCUT2D eigenvalue weighted by Crippen LogP contribution is -2.20. The van der Waals surface area contributed by atoms with Crippen LogP contribution in [-0.4, -0.2) is 11.6 Å². The smallest absolute Gasteiger partial charge is 0.266 e. The van der Waals surface area contributed by atoms with Crippen molar-refractivity contribution in [2.75, 3.05) is 0 Å². The van der Waals surface area contributed by atoms with E-state index in [0.29, 0.717) is 10.8 Å². The zero-order valence-corrected chi connectivity index (χ0v) is 13.7. The van der Waals surface area contributed by atoms with Gasteiger partial charge in [-0.25, -0.2) is 9.82 Å². The van der Waals surface area contributed by atoms with Crippen LogP contribution in [-0.2, 0) is 0 Å². The molecular formula is C17H19FN2OS. The maximum absolute atomic E-state index is 12.9. The van der Waals surface area contributed by atoms with Crippen molar-refractivity contribution in [3.05, 3.63) is 47.1 Å². The average molecular weight is 318 g/mol. The van der Waals surface area contributed by atoms with E-state index in [-0.39, 0.29) is 11.7 Å². The Morgan fingerprint density at radius 1 is 1.27 bits per heavy atom. The van der Waals surface area contributed by atoms with Gasteiger partial charge in [0.25, 0.3) is 5.91 Å². The van der Waals surface area contributed by atoms with Crippen molar-refractivity contribution in [1.82, 2.24) is 5.43 Å². The average Bonchev–Trinajstić information content (AvgIpc) is 3.02. The number of rotatable bonds is 5. The first kappa shape index (κ1) is 16.4. The van der Waals surface area contributed by atoms with Gasteiger partial charge in [-0.3, -0.25) is 4.79 Å². The fourth-order valence-electron chi connectivity index (χ4n) is 1.83. The van der Waals surface area contributed by atoms with Crippen molar-refractivity contribution < 1.29 is 9.18 Å². The van der Waals surface area contributed by atoms with Crippen molar-refractivity contribution in [2.24, 2.45) is 11.0 Å². The van der Waals surface area contributed by atoms with Gasteiger partial charge in [0.05, 0.1) is 4.88 Å². The second-order valence-corrected chi connectivity index (χ2v) is 6.26. The molecule has 22 heavy (non-hydrogen) atoms. The second kappa shape index (κ2) is 7.31. The van der Waals surface area contributed by atoms with E-state index in [1.165, 1.54) is 23.5 Å². The number of thiophene rings is 1. The third-order valence-electron chi connectivity index (χ3n) is 3.62. The highest BCUT2D eigenvalue weighted by Crippen LogP contribution is 2.28. The Kier molecular flexibility index (Phi) is 5.44. The molecule has 1 atom stereocenters. The highest BCUT2D eigenvalue weighted by atomic mass is 32.1. The summed E-state index contributed by atoms with van der Waals surface area (Å²) in [6, 6.07) is 9.84. The predicted molar refractivity (Wildman–Crippen MR) is 89.7 cm³/mol. The number of hydrazone groups is 1. The Morgan fingerprint density at radius 3 is 2.59 bits per heavy atom. The van der Waals surface area contributed by atoms with E-state index in [4.69, 9.17) is 0 Å². The van der Waals surface area contributed by atoms with Crippen LogP contribution in [0.4, 0.5) is 4.39 Å². The summed E-state index contributed by atoms with van der Waals surface area (Å²) in [6.07, 6.45) is 0.985. The van der Waals surface area contributed by atoms with E-state index < -0.39 is 0 Å². The minimum absolute atomic E-state index is 0.221. The van der Waals surface area contributed by atoms with Crippen LogP contribution in [0, 0.1) is 11.7 Å². The van der Waals surface area contributed by atoms with Gasteiger partial charge in [0.15, 0.2) is 0 Å². The highest BCUT2D eigenvalue weighted by molar-refractivity contribution is 7.17. The van der Waals surface area contributed by atoms with Crippen LogP contribution in [0.15, 0.2) is 41.5 Å². The van der Waals surface area contributed by atoms with Crippen LogP contribution in [0.5, 0.6) is 0 Å². The molecule has 1 heterocycles. The summed E-state index contributed by atoms with van der Waals surface area (Å²) >= 11 is 1.36. The van der Waals surface area contributed by atoms with Crippen LogP contribution in [0.3, 0.4) is 0 Å². The SMILES string of the molecule is CC[C@H](C)/C(C)=N\NC(=O)c1ccc(-c2ccc(F)cc2)s1. The number of nitrogens with one attached hydrogen (secondary N) is 1. The van der Waals surface area contributed by atoms with E-state index in [1.54, 1.807) is 18.2 Å². The third kappa shape index (κ3) is 4.01. The maximum atomic E-state index is 12.9. The molecule has 0 radical (unpaired) electrons. The largest absolute Gasteiger partial charge is 0.281 e. The number of hydrogen-bond acceptors (Lipinski definition) is 3. The van der Waals surface area contributed by atoms with E-state index >= 15 is 0 Å². The molecule has 1 N–H and O–H groups in total. The summed E-state index contributed by atoms with van der Waals surface area (Å²) in [5, 5.41) is 4.14. The Balaban J connectivity index is 2.08. The van der Waals surface area contributed by atoms with Crippen molar-refractivity contribution in [2.45, 2.75) is 27.2 Å². The van der Waals surface area contributed by atoms with E-state index in [9.17, 15) is 9.18 Å². The molecule has 0 aliphatic heterocycles. The maximum Gasteiger partial charge on any atom is 0.281 e. The number of benzene rings is 1. The van der Waals surface area contributed by atoms with Crippen LogP contribution >= 0.6 is 11.3 Å². The van der Waals surface area contributed by atoms with Gasteiger partial charge in [-0.05, 0) is 49.1 Å². The number of carbonyl (C=O) groups excluding carboxylic acids is 1. The molecule has 2 aromatic rings. The number of amides is 1. The summed E-state index contributed by atoms with van der Waals surface area (Å²) in [6.45, 7) is 6.06. The van der Waals surface area contributed by atoms with Crippen LogP contribution < -0.4 is 5.43 Å². The first-order chi connectivity index (χ1) is 10.5. The molecule has 5 heteroatoms. The van der Waals surface area contributed by atoms with Crippen molar-refractivity contribution in [1.29, 1.82) is 0 Å². The van der Waals surface area contributed by atoms with Gasteiger partial charge >= 0.3 is 0 Å². The van der Waals surface area contributed by atoms with Gasteiger partial charge in [-0.15, -0.1) is 11.3 Å². The van der Waals surface area contributed by atoms with Crippen LogP contribution in [0.2, 0.25) is 0 Å². The summed E-state index contributed by atoms with van der Waals surface area (Å²) in [7, 11) is 0. The van der Waals surface area contributed by atoms with Gasteiger partial charge in [0.2, 0.25) is 0 Å². The first-order valence-electron chi connectivity index (χ1n) is 7.21. The van der Waals surface area contributed by atoms with Gasteiger partial charge in [0, 0.05) is 10.6 Å². The molecule has 0 bridgehead atoms. The van der Waals surface area contributed by atoms with Gasteiger partial charge < -0.3 is 0 Å². The minimum Gasteiger partial charge on any atom is -0.266 e. The van der Waals surface area contributed by atoms with Crippen molar-refractivity contribution in [3.63, 3.8) is 0 Å². The molecule has 0 aliphatic carbocycles. The lowest BCUT2D eigenvalue weighted by molar-refractivity contribution is 0.0958. The Labute approximate surface area is 133 Å². The molecule has 0 aliphatic rings. The predicted octanol–water partition coefficient (Wildman–Crippen LogP) is 4.71. The normalized spacial score (nSPS) is 13.0. The Hall–Kier alpha value is -2.01. The summed E-state index contributed by atoms with van der Waals surface area (Å²) in [4.78, 5) is 13.6. The monoisotopic (exact) mass is 318 g/mol.